The minimum absolute atomic E-state index is 0.119. The Morgan fingerprint density at radius 1 is 1.39 bits per heavy atom. The van der Waals surface area contributed by atoms with Crippen LogP contribution >= 0.6 is 0 Å². The average molecular weight is 277 g/mol. The first kappa shape index (κ1) is 15.4. The van der Waals surface area contributed by atoms with Gasteiger partial charge in [-0.15, -0.1) is 0 Å². The molecule has 106 valence electrons. The second kappa shape index (κ2) is 6.49. The summed E-state index contributed by atoms with van der Waals surface area (Å²) in [5.41, 5.74) is 0. The minimum atomic E-state index is -3.29. The predicted octanol–water partition coefficient (Wildman–Crippen LogP) is -0.522. The quantitative estimate of drug-likeness (QED) is 0.709. The largest absolute Gasteiger partial charge is 0.353 e. The fraction of sp³-hybridized carbons (Fsp3) is 0.909. The molecule has 1 N–H and O–H groups in total. The fourth-order valence-electron chi connectivity index (χ4n) is 1.95. The molecule has 1 fully saturated rings. The standard InChI is InChI=1S/C11H23N3O3S/c1-10(14-6-4-5-7-14)8-12-11(15)9-13(2)18(3,16)17/h10H,4-9H2,1-3H3,(H,12,15). The first-order chi connectivity index (χ1) is 8.30. The molecule has 18 heavy (non-hydrogen) atoms. The van der Waals surface area contributed by atoms with E-state index in [1.165, 1.54) is 19.9 Å². The summed E-state index contributed by atoms with van der Waals surface area (Å²) in [6, 6.07) is 0.306. The molecule has 1 heterocycles. The number of hydrogen-bond donors (Lipinski definition) is 1. The maximum absolute atomic E-state index is 11.6. The number of hydrogen-bond acceptors (Lipinski definition) is 4. The molecule has 1 amide bonds. The number of likely N-dealkylation sites (tertiary alicyclic amines) is 1. The van der Waals surface area contributed by atoms with Crippen molar-refractivity contribution >= 4 is 15.9 Å². The Hall–Kier alpha value is -0.660. The zero-order valence-corrected chi connectivity index (χ0v) is 12.2. The van der Waals surface area contributed by atoms with Gasteiger partial charge >= 0.3 is 0 Å². The van der Waals surface area contributed by atoms with Crippen LogP contribution in [0.5, 0.6) is 0 Å². The number of carbonyl (C=O) groups is 1. The molecule has 0 bridgehead atoms. The summed E-state index contributed by atoms with van der Waals surface area (Å²) in [6.45, 7) is 4.69. The smallest absolute Gasteiger partial charge is 0.235 e. The van der Waals surface area contributed by atoms with Gasteiger partial charge in [-0.25, -0.2) is 8.42 Å². The van der Waals surface area contributed by atoms with Crippen LogP contribution in [0.2, 0.25) is 0 Å². The summed E-state index contributed by atoms with van der Waals surface area (Å²) in [4.78, 5) is 13.9. The lowest BCUT2D eigenvalue weighted by Gasteiger charge is -2.24. The maximum Gasteiger partial charge on any atom is 0.235 e. The van der Waals surface area contributed by atoms with E-state index in [0.717, 1.165) is 23.7 Å². The molecule has 1 aliphatic heterocycles. The Balaban J connectivity index is 2.28. The van der Waals surface area contributed by atoms with Crippen LogP contribution in [0.1, 0.15) is 19.8 Å². The number of nitrogens with one attached hydrogen (secondary N) is 1. The Morgan fingerprint density at radius 2 is 1.94 bits per heavy atom. The lowest BCUT2D eigenvalue weighted by molar-refractivity contribution is -0.121. The van der Waals surface area contributed by atoms with Crippen LogP contribution in [0, 0.1) is 0 Å². The SMILES string of the molecule is CC(CNC(=O)CN(C)S(C)(=O)=O)N1CCCC1. The Bertz CT molecular complexity index is 377. The van der Waals surface area contributed by atoms with Gasteiger partial charge in [0.2, 0.25) is 15.9 Å². The average Bonchev–Trinajstić information content (AvgIpc) is 2.77. The minimum Gasteiger partial charge on any atom is -0.353 e. The molecule has 0 aromatic rings. The molecule has 1 aliphatic rings. The van der Waals surface area contributed by atoms with E-state index in [4.69, 9.17) is 0 Å². The lowest BCUT2D eigenvalue weighted by Crippen LogP contribution is -2.44. The van der Waals surface area contributed by atoms with Crippen LogP contribution < -0.4 is 5.32 Å². The van der Waals surface area contributed by atoms with Gasteiger partial charge in [-0.1, -0.05) is 0 Å². The van der Waals surface area contributed by atoms with Gasteiger partial charge in [0.05, 0.1) is 12.8 Å². The van der Waals surface area contributed by atoms with Crippen LogP contribution in [-0.2, 0) is 14.8 Å². The first-order valence-corrected chi connectivity index (χ1v) is 8.07. The third-order valence-electron chi connectivity index (χ3n) is 3.29. The highest BCUT2D eigenvalue weighted by molar-refractivity contribution is 7.88. The van der Waals surface area contributed by atoms with Gasteiger partial charge in [0.1, 0.15) is 0 Å². The van der Waals surface area contributed by atoms with E-state index in [1.807, 2.05) is 0 Å². The van der Waals surface area contributed by atoms with Gasteiger partial charge in [0, 0.05) is 19.6 Å². The second-order valence-electron chi connectivity index (χ2n) is 4.92. The summed E-state index contributed by atoms with van der Waals surface area (Å²) in [5.74, 6) is -0.256. The highest BCUT2D eigenvalue weighted by atomic mass is 32.2. The van der Waals surface area contributed by atoms with E-state index >= 15 is 0 Å². The third-order valence-corrected chi connectivity index (χ3v) is 4.55. The van der Waals surface area contributed by atoms with E-state index in [9.17, 15) is 13.2 Å². The topological polar surface area (TPSA) is 69.7 Å². The van der Waals surface area contributed by atoms with E-state index in [1.54, 1.807) is 0 Å². The van der Waals surface area contributed by atoms with Crippen LogP contribution in [-0.4, -0.2) is 69.1 Å². The normalized spacial score (nSPS) is 19.1. The zero-order valence-electron chi connectivity index (χ0n) is 11.3. The molecule has 1 saturated heterocycles. The molecular weight excluding hydrogens is 254 g/mol. The number of rotatable bonds is 6. The molecule has 0 radical (unpaired) electrons. The van der Waals surface area contributed by atoms with Gasteiger partial charge < -0.3 is 5.32 Å². The van der Waals surface area contributed by atoms with E-state index in [2.05, 4.69) is 17.1 Å². The number of likely N-dealkylation sites (N-methyl/N-ethyl adjacent to an activating group) is 1. The maximum atomic E-state index is 11.6. The van der Waals surface area contributed by atoms with Gasteiger partial charge in [-0.2, -0.15) is 4.31 Å². The molecule has 0 spiro atoms. The summed E-state index contributed by atoms with van der Waals surface area (Å²) in [5, 5.41) is 2.78. The summed E-state index contributed by atoms with van der Waals surface area (Å²) < 4.78 is 23.3. The van der Waals surface area contributed by atoms with Crippen LogP contribution in [0.3, 0.4) is 0 Å². The van der Waals surface area contributed by atoms with Gasteiger partial charge in [-0.3, -0.25) is 9.69 Å². The molecule has 1 rings (SSSR count). The zero-order chi connectivity index (χ0) is 13.8. The van der Waals surface area contributed by atoms with Crippen LogP contribution in [0.4, 0.5) is 0 Å². The molecule has 0 saturated carbocycles. The molecular formula is C11H23N3O3S. The predicted molar refractivity (Wildman–Crippen MR) is 70.8 cm³/mol. The summed E-state index contributed by atoms with van der Waals surface area (Å²) in [7, 11) is -1.89. The van der Waals surface area contributed by atoms with Crippen molar-refractivity contribution in [3.05, 3.63) is 0 Å². The monoisotopic (exact) mass is 277 g/mol. The molecule has 7 heteroatoms. The van der Waals surface area contributed by atoms with Gasteiger partial charge in [0.25, 0.3) is 0 Å². The highest BCUT2D eigenvalue weighted by Gasteiger charge is 2.19. The third kappa shape index (κ3) is 4.91. The Kier molecular flexibility index (Phi) is 5.55. The number of carbonyl (C=O) groups excluding carboxylic acids is 1. The van der Waals surface area contributed by atoms with Crippen molar-refractivity contribution in [2.75, 3.05) is 39.5 Å². The molecule has 0 aliphatic carbocycles. The summed E-state index contributed by atoms with van der Waals surface area (Å²) >= 11 is 0. The summed E-state index contributed by atoms with van der Waals surface area (Å²) in [6.07, 6.45) is 3.53. The molecule has 1 atom stereocenters. The van der Waals surface area contributed by atoms with Crippen molar-refractivity contribution in [1.29, 1.82) is 0 Å². The van der Waals surface area contributed by atoms with E-state index in [0.29, 0.717) is 12.6 Å². The molecule has 6 nitrogen and oxygen atoms in total. The Morgan fingerprint density at radius 3 is 2.44 bits per heavy atom. The fourth-order valence-corrected chi connectivity index (χ4v) is 2.30. The number of amides is 1. The molecule has 0 aromatic carbocycles. The van der Waals surface area contributed by atoms with Gasteiger partial charge in [0.15, 0.2) is 0 Å². The van der Waals surface area contributed by atoms with Crippen molar-refractivity contribution in [2.24, 2.45) is 0 Å². The highest BCUT2D eigenvalue weighted by Crippen LogP contribution is 2.10. The van der Waals surface area contributed by atoms with Gasteiger partial charge in [-0.05, 0) is 32.9 Å². The van der Waals surface area contributed by atoms with Crippen molar-refractivity contribution in [1.82, 2.24) is 14.5 Å². The van der Waals surface area contributed by atoms with Crippen molar-refractivity contribution in [3.63, 3.8) is 0 Å². The van der Waals surface area contributed by atoms with Crippen molar-refractivity contribution < 1.29 is 13.2 Å². The number of sulfonamides is 1. The first-order valence-electron chi connectivity index (χ1n) is 6.23. The van der Waals surface area contributed by atoms with E-state index in [-0.39, 0.29) is 12.5 Å². The van der Waals surface area contributed by atoms with Crippen molar-refractivity contribution in [3.8, 4) is 0 Å². The van der Waals surface area contributed by atoms with Crippen LogP contribution in [0.25, 0.3) is 0 Å². The van der Waals surface area contributed by atoms with Crippen molar-refractivity contribution in [2.45, 2.75) is 25.8 Å². The lowest BCUT2D eigenvalue weighted by atomic mass is 10.3. The second-order valence-corrected chi connectivity index (χ2v) is 7.00. The molecule has 1 unspecified atom stereocenters. The molecule has 0 aromatic heterocycles. The van der Waals surface area contributed by atoms with E-state index < -0.39 is 10.0 Å². The Labute approximate surface area is 109 Å². The number of nitrogens with zero attached hydrogens (tertiary/aromatic N) is 2. The van der Waals surface area contributed by atoms with Crippen LogP contribution in [0.15, 0.2) is 0 Å².